The molecule has 128 valence electrons. The van der Waals surface area contributed by atoms with Gasteiger partial charge in [-0.2, -0.15) is 4.72 Å². The molecule has 23 heavy (non-hydrogen) atoms. The van der Waals surface area contributed by atoms with Gasteiger partial charge in [0.15, 0.2) is 9.84 Å². The molecule has 1 aromatic carbocycles. The number of sulfonamides is 1. The van der Waals surface area contributed by atoms with Crippen LogP contribution in [0.2, 0.25) is 0 Å². The topological polar surface area (TPSA) is 101 Å². The van der Waals surface area contributed by atoms with Gasteiger partial charge in [-0.1, -0.05) is 0 Å². The summed E-state index contributed by atoms with van der Waals surface area (Å²) in [7, 11) is -7.28. The summed E-state index contributed by atoms with van der Waals surface area (Å²) >= 11 is 0. The SMILES string of the molecule is CC(NS(=O)(=O)c1ccc(S(C)(=O)=O)cc1)C(=O)N1CCCC1. The van der Waals surface area contributed by atoms with Gasteiger partial charge in [0.05, 0.1) is 15.8 Å². The van der Waals surface area contributed by atoms with Gasteiger partial charge in [0, 0.05) is 19.3 Å². The lowest BCUT2D eigenvalue weighted by Gasteiger charge is -2.21. The summed E-state index contributed by atoms with van der Waals surface area (Å²) in [4.78, 5) is 13.8. The van der Waals surface area contributed by atoms with Crippen molar-refractivity contribution in [1.29, 1.82) is 0 Å². The molecule has 7 nitrogen and oxygen atoms in total. The van der Waals surface area contributed by atoms with Crippen LogP contribution < -0.4 is 4.72 Å². The Morgan fingerprint density at radius 2 is 1.52 bits per heavy atom. The highest BCUT2D eigenvalue weighted by Crippen LogP contribution is 2.15. The monoisotopic (exact) mass is 360 g/mol. The van der Waals surface area contributed by atoms with Gasteiger partial charge in [0.25, 0.3) is 0 Å². The highest BCUT2D eigenvalue weighted by Gasteiger charge is 2.27. The third-order valence-corrected chi connectivity index (χ3v) is 6.37. The fraction of sp³-hybridized carbons (Fsp3) is 0.500. The van der Waals surface area contributed by atoms with Gasteiger partial charge in [0.1, 0.15) is 0 Å². The van der Waals surface area contributed by atoms with E-state index in [1.807, 2.05) is 0 Å². The Labute approximate surface area is 136 Å². The van der Waals surface area contributed by atoms with E-state index in [2.05, 4.69) is 4.72 Å². The number of amides is 1. The summed E-state index contributed by atoms with van der Waals surface area (Å²) in [6.07, 6.45) is 2.90. The van der Waals surface area contributed by atoms with Crippen molar-refractivity contribution in [3.8, 4) is 0 Å². The maximum atomic E-state index is 12.3. The van der Waals surface area contributed by atoms with Gasteiger partial charge in [-0.25, -0.2) is 16.8 Å². The Balaban J connectivity index is 2.13. The van der Waals surface area contributed by atoms with Crippen LogP contribution in [0.25, 0.3) is 0 Å². The first kappa shape index (κ1) is 17.9. The number of likely N-dealkylation sites (tertiary alicyclic amines) is 1. The highest BCUT2D eigenvalue weighted by molar-refractivity contribution is 7.90. The molecule has 0 saturated carbocycles. The number of hydrogen-bond acceptors (Lipinski definition) is 5. The van der Waals surface area contributed by atoms with Crippen molar-refractivity contribution in [2.75, 3.05) is 19.3 Å². The predicted molar refractivity (Wildman–Crippen MR) is 85.1 cm³/mol. The summed E-state index contributed by atoms with van der Waals surface area (Å²) in [5, 5.41) is 0. The first-order valence-electron chi connectivity index (χ1n) is 7.22. The van der Waals surface area contributed by atoms with Crippen molar-refractivity contribution in [2.45, 2.75) is 35.6 Å². The Hall–Kier alpha value is -1.45. The lowest BCUT2D eigenvalue weighted by atomic mass is 10.3. The quantitative estimate of drug-likeness (QED) is 0.818. The Morgan fingerprint density at radius 3 is 2.00 bits per heavy atom. The van der Waals surface area contributed by atoms with Crippen LogP contribution in [0.4, 0.5) is 0 Å². The minimum atomic E-state index is -3.89. The summed E-state index contributed by atoms with van der Waals surface area (Å²) < 4.78 is 49.7. The van der Waals surface area contributed by atoms with Crippen LogP contribution in [0.1, 0.15) is 19.8 Å². The zero-order chi connectivity index (χ0) is 17.3. The molecule has 1 aliphatic rings. The van der Waals surface area contributed by atoms with Crippen molar-refractivity contribution in [2.24, 2.45) is 0 Å². The van der Waals surface area contributed by atoms with Crippen LogP contribution in [0, 0.1) is 0 Å². The van der Waals surface area contributed by atoms with Crippen molar-refractivity contribution < 1.29 is 21.6 Å². The Bertz CT molecular complexity index is 779. The van der Waals surface area contributed by atoms with Crippen molar-refractivity contribution in [3.63, 3.8) is 0 Å². The molecule has 1 amide bonds. The maximum Gasteiger partial charge on any atom is 0.241 e. The van der Waals surface area contributed by atoms with Gasteiger partial charge in [-0.15, -0.1) is 0 Å². The number of sulfone groups is 1. The number of nitrogens with zero attached hydrogens (tertiary/aromatic N) is 1. The lowest BCUT2D eigenvalue weighted by molar-refractivity contribution is -0.131. The second-order valence-electron chi connectivity index (χ2n) is 5.62. The van der Waals surface area contributed by atoms with E-state index in [1.54, 1.807) is 4.90 Å². The second-order valence-corrected chi connectivity index (χ2v) is 9.35. The summed E-state index contributed by atoms with van der Waals surface area (Å²) in [6.45, 7) is 2.80. The average molecular weight is 360 g/mol. The lowest BCUT2D eigenvalue weighted by Crippen LogP contribution is -2.45. The molecule has 1 aliphatic heterocycles. The maximum absolute atomic E-state index is 12.3. The molecule has 0 aliphatic carbocycles. The third-order valence-electron chi connectivity index (χ3n) is 3.68. The number of carbonyl (C=O) groups is 1. The van der Waals surface area contributed by atoms with Gasteiger partial charge >= 0.3 is 0 Å². The van der Waals surface area contributed by atoms with E-state index in [9.17, 15) is 21.6 Å². The third kappa shape index (κ3) is 4.30. The summed E-state index contributed by atoms with van der Waals surface area (Å²) in [5.41, 5.74) is 0. The first-order valence-corrected chi connectivity index (χ1v) is 10.6. The van der Waals surface area contributed by atoms with E-state index in [1.165, 1.54) is 31.2 Å². The normalized spacial score (nSPS) is 17.2. The predicted octanol–water partition coefficient (Wildman–Crippen LogP) is 0.379. The molecule has 1 heterocycles. The van der Waals surface area contributed by atoms with Crippen molar-refractivity contribution >= 4 is 25.8 Å². The van der Waals surface area contributed by atoms with E-state index in [0.717, 1.165) is 19.1 Å². The minimum absolute atomic E-state index is 0.0395. The van der Waals surface area contributed by atoms with E-state index < -0.39 is 25.9 Å². The molecule has 0 aromatic heterocycles. The van der Waals surface area contributed by atoms with Crippen LogP contribution in [-0.4, -0.2) is 53.0 Å². The average Bonchev–Trinajstić information content (AvgIpc) is 2.99. The molecule has 1 aromatic rings. The van der Waals surface area contributed by atoms with Crippen LogP contribution in [0.5, 0.6) is 0 Å². The fourth-order valence-electron chi connectivity index (χ4n) is 2.43. The zero-order valence-electron chi connectivity index (χ0n) is 13.0. The van der Waals surface area contributed by atoms with Crippen molar-refractivity contribution in [1.82, 2.24) is 9.62 Å². The Morgan fingerprint density at radius 1 is 1.04 bits per heavy atom. The standard InChI is InChI=1S/C14H20N2O5S2/c1-11(14(17)16-9-3-4-10-16)15-23(20,21)13-7-5-12(6-8-13)22(2,18)19/h5-8,11,15H,3-4,9-10H2,1-2H3. The molecule has 2 rings (SSSR count). The number of benzene rings is 1. The van der Waals surface area contributed by atoms with Crippen LogP contribution in [0.15, 0.2) is 34.1 Å². The fourth-order valence-corrected chi connectivity index (χ4v) is 4.26. The van der Waals surface area contributed by atoms with E-state index in [-0.39, 0.29) is 15.7 Å². The summed E-state index contributed by atoms with van der Waals surface area (Å²) in [6, 6.07) is 4.03. The van der Waals surface area contributed by atoms with Gasteiger partial charge in [-0.05, 0) is 44.0 Å². The second kappa shape index (κ2) is 6.58. The number of nitrogens with one attached hydrogen (secondary N) is 1. The molecular formula is C14H20N2O5S2. The molecular weight excluding hydrogens is 340 g/mol. The number of carbonyl (C=O) groups excluding carboxylic acids is 1. The highest BCUT2D eigenvalue weighted by atomic mass is 32.2. The van der Waals surface area contributed by atoms with Crippen LogP contribution >= 0.6 is 0 Å². The van der Waals surface area contributed by atoms with E-state index in [0.29, 0.717) is 13.1 Å². The van der Waals surface area contributed by atoms with Gasteiger partial charge in [0.2, 0.25) is 15.9 Å². The number of hydrogen-bond donors (Lipinski definition) is 1. The molecule has 9 heteroatoms. The molecule has 1 unspecified atom stereocenters. The molecule has 1 fully saturated rings. The molecule has 0 radical (unpaired) electrons. The largest absolute Gasteiger partial charge is 0.341 e. The van der Waals surface area contributed by atoms with Gasteiger partial charge in [-0.3, -0.25) is 4.79 Å². The minimum Gasteiger partial charge on any atom is -0.341 e. The van der Waals surface area contributed by atoms with Crippen LogP contribution in [-0.2, 0) is 24.7 Å². The summed E-state index contributed by atoms with van der Waals surface area (Å²) in [5.74, 6) is -0.251. The van der Waals surface area contributed by atoms with E-state index in [4.69, 9.17) is 0 Å². The first-order chi connectivity index (χ1) is 10.6. The molecule has 0 bridgehead atoms. The molecule has 1 atom stereocenters. The van der Waals surface area contributed by atoms with Gasteiger partial charge < -0.3 is 4.90 Å². The molecule has 1 saturated heterocycles. The van der Waals surface area contributed by atoms with Crippen LogP contribution in [0.3, 0.4) is 0 Å². The van der Waals surface area contributed by atoms with E-state index >= 15 is 0 Å². The van der Waals surface area contributed by atoms with Crippen molar-refractivity contribution in [3.05, 3.63) is 24.3 Å². The molecule has 1 N–H and O–H groups in total. The zero-order valence-corrected chi connectivity index (χ0v) is 14.7. The number of rotatable bonds is 5. The molecule has 0 spiro atoms. The Kier molecular flexibility index (Phi) is 5.12. The smallest absolute Gasteiger partial charge is 0.241 e.